The van der Waals surface area contributed by atoms with Crippen LogP contribution in [0.15, 0.2) is 48.5 Å². The lowest BCUT2D eigenvalue weighted by Crippen LogP contribution is -2.27. The van der Waals surface area contributed by atoms with Crippen molar-refractivity contribution in [3.63, 3.8) is 0 Å². The SMILES string of the molecule is CCCCCCC(=O)Nc1cccc([C@H]2SCC(=O)N2c2ccc(C)cc2)c1. The van der Waals surface area contributed by atoms with Crippen LogP contribution < -0.4 is 10.2 Å². The first-order chi connectivity index (χ1) is 13.6. The summed E-state index contributed by atoms with van der Waals surface area (Å²) >= 11 is 1.62. The zero-order valence-corrected chi connectivity index (χ0v) is 17.4. The van der Waals surface area contributed by atoms with Crippen molar-refractivity contribution in [1.82, 2.24) is 0 Å². The third kappa shape index (κ3) is 5.16. The monoisotopic (exact) mass is 396 g/mol. The molecule has 3 rings (SSSR count). The summed E-state index contributed by atoms with van der Waals surface area (Å²) in [5, 5.41) is 2.93. The summed E-state index contributed by atoms with van der Waals surface area (Å²) in [5.74, 6) is 0.634. The molecule has 28 heavy (non-hydrogen) atoms. The van der Waals surface area contributed by atoms with Gasteiger partial charge in [0.2, 0.25) is 11.8 Å². The third-order valence-corrected chi connectivity index (χ3v) is 6.11. The topological polar surface area (TPSA) is 49.4 Å². The van der Waals surface area contributed by atoms with Gasteiger partial charge in [-0.1, -0.05) is 56.0 Å². The molecule has 5 heteroatoms. The van der Waals surface area contributed by atoms with Crippen LogP contribution in [0.2, 0.25) is 0 Å². The van der Waals surface area contributed by atoms with Crippen LogP contribution >= 0.6 is 11.8 Å². The normalized spacial score (nSPS) is 16.4. The lowest BCUT2D eigenvalue weighted by atomic mass is 10.1. The maximum atomic E-state index is 12.5. The fourth-order valence-electron chi connectivity index (χ4n) is 3.36. The molecule has 4 nitrogen and oxygen atoms in total. The Morgan fingerprint density at radius 1 is 1.14 bits per heavy atom. The molecular formula is C23H28N2O2S. The summed E-state index contributed by atoms with van der Waals surface area (Å²) in [5.41, 5.74) is 3.90. The zero-order chi connectivity index (χ0) is 19.9. The Labute approximate surface area is 171 Å². The van der Waals surface area contributed by atoms with Crippen molar-refractivity contribution in [3.05, 3.63) is 59.7 Å². The van der Waals surface area contributed by atoms with Crippen molar-refractivity contribution in [3.8, 4) is 0 Å². The molecule has 1 fully saturated rings. The summed E-state index contributed by atoms with van der Waals surface area (Å²) in [6.45, 7) is 4.20. The van der Waals surface area contributed by atoms with E-state index in [2.05, 4.69) is 12.2 Å². The summed E-state index contributed by atoms with van der Waals surface area (Å²) in [6, 6.07) is 15.9. The van der Waals surface area contributed by atoms with Crippen LogP contribution in [-0.2, 0) is 9.59 Å². The highest BCUT2D eigenvalue weighted by Gasteiger charge is 2.34. The maximum Gasteiger partial charge on any atom is 0.238 e. The Hall–Kier alpha value is -2.27. The van der Waals surface area contributed by atoms with Gasteiger partial charge in [0.25, 0.3) is 0 Å². The number of rotatable bonds is 8. The van der Waals surface area contributed by atoms with Crippen molar-refractivity contribution in [2.45, 2.75) is 51.3 Å². The summed E-state index contributed by atoms with van der Waals surface area (Å²) in [6.07, 6.45) is 4.91. The molecule has 1 saturated heterocycles. The second kappa shape index (κ2) is 9.78. The molecule has 0 unspecified atom stereocenters. The van der Waals surface area contributed by atoms with Crippen molar-refractivity contribution >= 4 is 35.0 Å². The number of nitrogens with one attached hydrogen (secondary N) is 1. The number of hydrogen-bond donors (Lipinski definition) is 1. The number of benzene rings is 2. The van der Waals surface area contributed by atoms with Gasteiger partial charge >= 0.3 is 0 Å². The molecule has 1 aliphatic rings. The van der Waals surface area contributed by atoms with Crippen molar-refractivity contribution < 1.29 is 9.59 Å². The number of carbonyl (C=O) groups is 2. The minimum Gasteiger partial charge on any atom is -0.326 e. The van der Waals surface area contributed by atoms with E-state index in [4.69, 9.17) is 0 Å². The van der Waals surface area contributed by atoms with Crippen molar-refractivity contribution in [1.29, 1.82) is 0 Å². The predicted octanol–water partition coefficient (Wildman–Crippen LogP) is 5.68. The third-order valence-electron chi connectivity index (χ3n) is 4.89. The van der Waals surface area contributed by atoms with Gasteiger partial charge in [0.05, 0.1) is 5.75 Å². The summed E-state index contributed by atoms with van der Waals surface area (Å²) < 4.78 is 0. The van der Waals surface area contributed by atoms with Gasteiger partial charge in [0.1, 0.15) is 5.37 Å². The standard InChI is InChI=1S/C23H28N2O2S/c1-3-4-5-6-10-21(26)24-19-9-7-8-18(15-19)23-25(22(27)16-28-23)20-13-11-17(2)12-14-20/h7-9,11-15,23H,3-6,10,16H2,1-2H3,(H,24,26)/t23-/m1/s1. The number of nitrogens with zero attached hydrogens (tertiary/aromatic N) is 1. The van der Waals surface area contributed by atoms with Crippen LogP contribution in [0.1, 0.15) is 55.5 Å². The van der Waals surface area contributed by atoms with Gasteiger partial charge in [-0.3, -0.25) is 14.5 Å². The van der Waals surface area contributed by atoms with Crippen molar-refractivity contribution in [2.75, 3.05) is 16.0 Å². The molecule has 0 aliphatic carbocycles. The zero-order valence-electron chi connectivity index (χ0n) is 16.6. The van der Waals surface area contributed by atoms with Crippen LogP contribution in [0.5, 0.6) is 0 Å². The molecule has 2 amide bonds. The van der Waals surface area contributed by atoms with E-state index in [0.717, 1.165) is 29.8 Å². The number of unbranched alkanes of at least 4 members (excludes halogenated alkanes) is 3. The Bertz CT molecular complexity index is 820. The molecule has 0 spiro atoms. The smallest absolute Gasteiger partial charge is 0.238 e. The Balaban J connectivity index is 1.70. The highest BCUT2D eigenvalue weighted by atomic mass is 32.2. The molecule has 2 aromatic rings. The van der Waals surface area contributed by atoms with Crippen LogP contribution in [-0.4, -0.2) is 17.6 Å². The van der Waals surface area contributed by atoms with E-state index in [1.807, 2.05) is 60.4 Å². The second-order valence-corrected chi connectivity index (χ2v) is 8.32. The molecule has 1 atom stereocenters. The molecular weight excluding hydrogens is 368 g/mol. The largest absolute Gasteiger partial charge is 0.326 e. The van der Waals surface area contributed by atoms with E-state index in [9.17, 15) is 9.59 Å². The first kappa shape index (κ1) is 20.5. The second-order valence-electron chi connectivity index (χ2n) is 7.25. The average molecular weight is 397 g/mol. The molecule has 0 radical (unpaired) electrons. The first-order valence-electron chi connectivity index (χ1n) is 9.98. The van der Waals surface area contributed by atoms with Crippen LogP contribution in [0.3, 0.4) is 0 Å². The van der Waals surface area contributed by atoms with Crippen molar-refractivity contribution in [2.24, 2.45) is 0 Å². The molecule has 1 aliphatic heterocycles. The minimum atomic E-state index is -0.0726. The number of thioether (sulfide) groups is 1. The van der Waals surface area contributed by atoms with Gasteiger partial charge in [0.15, 0.2) is 0 Å². The highest BCUT2D eigenvalue weighted by Crippen LogP contribution is 2.42. The van der Waals surface area contributed by atoms with Gasteiger partial charge in [-0.25, -0.2) is 0 Å². The molecule has 148 valence electrons. The molecule has 2 aromatic carbocycles. The number of anilines is 2. The van der Waals surface area contributed by atoms with E-state index in [1.54, 1.807) is 11.8 Å². The van der Waals surface area contributed by atoms with E-state index in [-0.39, 0.29) is 17.2 Å². The van der Waals surface area contributed by atoms with Gasteiger partial charge in [0, 0.05) is 17.8 Å². The fourth-order valence-corrected chi connectivity index (χ4v) is 4.53. The first-order valence-corrected chi connectivity index (χ1v) is 11.0. The Morgan fingerprint density at radius 2 is 1.93 bits per heavy atom. The number of hydrogen-bond acceptors (Lipinski definition) is 3. The molecule has 0 bridgehead atoms. The van der Waals surface area contributed by atoms with Gasteiger partial charge in [-0.15, -0.1) is 11.8 Å². The molecule has 0 aromatic heterocycles. The molecule has 0 saturated carbocycles. The molecule has 1 heterocycles. The molecule has 1 N–H and O–H groups in total. The quantitative estimate of drug-likeness (QED) is 0.584. The maximum absolute atomic E-state index is 12.5. The minimum absolute atomic E-state index is 0.0544. The highest BCUT2D eigenvalue weighted by molar-refractivity contribution is 8.00. The predicted molar refractivity (Wildman–Crippen MR) is 118 cm³/mol. The van der Waals surface area contributed by atoms with Gasteiger partial charge in [-0.05, 0) is 43.2 Å². The number of amides is 2. The van der Waals surface area contributed by atoms with E-state index >= 15 is 0 Å². The van der Waals surface area contributed by atoms with E-state index < -0.39 is 0 Å². The van der Waals surface area contributed by atoms with Gasteiger partial charge < -0.3 is 5.32 Å². The summed E-state index contributed by atoms with van der Waals surface area (Å²) in [7, 11) is 0. The lowest BCUT2D eigenvalue weighted by Gasteiger charge is -2.25. The lowest BCUT2D eigenvalue weighted by molar-refractivity contribution is -0.117. The van der Waals surface area contributed by atoms with Crippen LogP contribution in [0, 0.1) is 6.92 Å². The van der Waals surface area contributed by atoms with Crippen LogP contribution in [0.4, 0.5) is 11.4 Å². The number of aryl methyl sites for hydroxylation is 1. The fraction of sp³-hybridized carbons (Fsp3) is 0.391. The van der Waals surface area contributed by atoms with Crippen LogP contribution in [0.25, 0.3) is 0 Å². The summed E-state index contributed by atoms with van der Waals surface area (Å²) in [4.78, 5) is 26.6. The Morgan fingerprint density at radius 3 is 2.68 bits per heavy atom. The average Bonchev–Trinajstić information content (AvgIpc) is 3.08. The van der Waals surface area contributed by atoms with E-state index in [1.165, 1.54) is 18.4 Å². The van der Waals surface area contributed by atoms with Gasteiger partial charge in [-0.2, -0.15) is 0 Å². The Kier molecular flexibility index (Phi) is 7.15. The number of carbonyl (C=O) groups excluding carboxylic acids is 2. The van der Waals surface area contributed by atoms with E-state index in [0.29, 0.717) is 12.2 Å².